The molecule has 0 saturated carbocycles. The Morgan fingerprint density at radius 2 is 1.90 bits per heavy atom. The molecule has 20 heavy (non-hydrogen) atoms. The highest BCUT2D eigenvalue weighted by Crippen LogP contribution is 2.36. The van der Waals surface area contributed by atoms with Gasteiger partial charge in [-0.05, 0) is 32.3 Å². The van der Waals surface area contributed by atoms with Crippen LogP contribution in [0.1, 0.15) is 58.6 Å². The van der Waals surface area contributed by atoms with Crippen LogP contribution in [0, 0.1) is 0 Å². The van der Waals surface area contributed by atoms with Crippen LogP contribution >= 0.6 is 0 Å². The molecule has 0 radical (unpaired) electrons. The minimum absolute atomic E-state index is 0.556. The van der Waals surface area contributed by atoms with Crippen molar-refractivity contribution in [1.29, 1.82) is 0 Å². The van der Waals surface area contributed by atoms with Crippen LogP contribution in [-0.4, -0.2) is 28.9 Å². The normalized spacial score (nSPS) is 13.2. The van der Waals surface area contributed by atoms with E-state index in [2.05, 4.69) is 11.9 Å². The highest BCUT2D eigenvalue weighted by Gasteiger charge is 2.36. The number of nitrogens with zero attached hydrogens (tertiary/aromatic N) is 1. The van der Waals surface area contributed by atoms with Gasteiger partial charge in [0.25, 0.3) is 0 Å². The minimum Gasteiger partial charge on any atom is -0.492 e. The van der Waals surface area contributed by atoms with Crippen LogP contribution in [0.15, 0.2) is 18.5 Å². The van der Waals surface area contributed by atoms with Crippen molar-refractivity contribution < 1.29 is 14.6 Å². The summed E-state index contributed by atoms with van der Waals surface area (Å²) in [5, 5.41) is 10.7. The van der Waals surface area contributed by atoms with E-state index in [1.165, 1.54) is 0 Å². The minimum atomic E-state index is -0.699. The van der Waals surface area contributed by atoms with E-state index >= 15 is 0 Å². The number of ether oxygens (including phenoxy) is 2. The fourth-order valence-electron chi connectivity index (χ4n) is 2.39. The highest BCUT2D eigenvalue weighted by atomic mass is 16.5. The predicted octanol–water partition coefficient (Wildman–Crippen LogP) is 3.50. The van der Waals surface area contributed by atoms with Crippen LogP contribution in [0.2, 0.25) is 0 Å². The molecule has 1 aromatic heterocycles. The molecule has 0 amide bonds. The van der Waals surface area contributed by atoms with Crippen molar-refractivity contribution in [3.05, 3.63) is 24.0 Å². The van der Waals surface area contributed by atoms with Crippen molar-refractivity contribution in [1.82, 2.24) is 4.98 Å². The summed E-state index contributed by atoms with van der Waals surface area (Å²) in [6, 6.07) is 1.85. The average molecular weight is 281 g/mol. The SMILES string of the molecule is CCCOc1cncc(C(O)C(CC)(CC)OCC)c1. The van der Waals surface area contributed by atoms with Crippen LogP contribution < -0.4 is 4.74 Å². The molecule has 4 heteroatoms. The summed E-state index contributed by atoms with van der Waals surface area (Å²) < 4.78 is 11.4. The van der Waals surface area contributed by atoms with Gasteiger partial charge in [0.2, 0.25) is 0 Å². The Bertz CT molecular complexity index is 391. The van der Waals surface area contributed by atoms with E-state index in [4.69, 9.17) is 9.47 Å². The summed E-state index contributed by atoms with van der Waals surface area (Å²) >= 11 is 0. The second-order valence-electron chi connectivity index (χ2n) is 4.91. The quantitative estimate of drug-likeness (QED) is 0.752. The molecular weight excluding hydrogens is 254 g/mol. The van der Waals surface area contributed by atoms with Gasteiger partial charge < -0.3 is 14.6 Å². The summed E-state index contributed by atoms with van der Waals surface area (Å²) in [6.45, 7) is 9.31. The van der Waals surface area contributed by atoms with Crippen LogP contribution in [0.25, 0.3) is 0 Å². The number of hydrogen-bond donors (Lipinski definition) is 1. The maximum absolute atomic E-state index is 10.7. The van der Waals surface area contributed by atoms with Crippen LogP contribution in [0.4, 0.5) is 0 Å². The third-order valence-corrected chi connectivity index (χ3v) is 3.65. The van der Waals surface area contributed by atoms with Gasteiger partial charge in [0.1, 0.15) is 11.9 Å². The lowest BCUT2D eigenvalue weighted by molar-refractivity contribution is -0.127. The van der Waals surface area contributed by atoms with Gasteiger partial charge in [-0.3, -0.25) is 4.98 Å². The largest absolute Gasteiger partial charge is 0.492 e. The molecule has 0 aliphatic heterocycles. The number of hydrogen-bond acceptors (Lipinski definition) is 4. The molecule has 0 aliphatic carbocycles. The van der Waals surface area contributed by atoms with Crippen molar-refractivity contribution in [2.45, 2.75) is 58.7 Å². The van der Waals surface area contributed by atoms with E-state index in [-0.39, 0.29) is 0 Å². The number of pyridine rings is 1. The molecule has 1 aromatic rings. The molecule has 1 rings (SSSR count). The highest BCUT2D eigenvalue weighted by molar-refractivity contribution is 5.27. The van der Waals surface area contributed by atoms with Crippen LogP contribution in [0.3, 0.4) is 0 Å². The number of aliphatic hydroxyl groups excluding tert-OH is 1. The maximum Gasteiger partial charge on any atom is 0.137 e. The van der Waals surface area contributed by atoms with Crippen molar-refractivity contribution in [3.63, 3.8) is 0 Å². The molecule has 114 valence electrons. The second-order valence-corrected chi connectivity index (χ2v) is 4.91. The molecule has 1 heterocycles. The lowest BCUT2D eigenvalue weighted by Gasteiger charge is -2.36. The topological polar surface area (TPSA) is 51.6 Å². The summed E-state index contributed by atoms with van der Waals surface area (Å²) in [5.41, 5.74) is 0.190. The summed E-state index contributed by atoms with van der Waals surface area (Å²) in [5.74, 6) is 0.695. The first-order valence-electron chi connectivity index (χ1n) is 7.53. The monoisotopic (exact) mass is 281 g/mol. The van der Waals surface area contributed by atoms with Crippen molar-refractivity contribution in [3.8, 4) is 5.75 Å². The third-order valence-electron chi connectivity index (χ3n) is 3.65. The van der Waals surface area contributed by atoms with E-state index in [0.29, 0.717) is 19.0 Å². The predicted molar refractivity (Wildman–Crippen MR) is 79.9 cm³/mol. The van der Waals surface area contributed by atoms with Gasteiger partial charge in [-0.25, -0.2) is 0 Å². The summed E-state index contributed by atoms with van der Waals surface area (Å²) in [7, 11) is 0. The average Bonchev–Trinajstić information content (AvgIpc) is 2.50. The van der Waals surface area contributed by atoms with E-state index in [0.717, 1.165) is 24.8 Å². The fraction of sp³-hybridized carbons (Fsp3) is 0.688. The molecule has 0 fully saturated rings. The Morgan fingerprint density at radius 3 is 2.45 bits per heavy atom. The van der Waals surface area contributed by atoms with Gasteiger partial charge >= 0.3 is 0 Å². The molecule has 0 aromatic carbocycles. The Labute approximate surface area is 122 Å². The lowest BCUT2D eigenvalue weighted by atomic mass is 9.86. The molecule has 1 atom stereocenters. The Balaban J connectivity index is 2.96. The van der Waals surface area contributed by atoms with Crippen molar-refractivity contribution in [2.24, 2.45) is 0 Å². The second kappa shape index (κ2) is 8.22. The lowest BCUT2D eigenvalue weighted by Crippen LogP contribution is -2.38. The van der Waals surface area contributed by atoms with E-state index in [1.807, 2.05) is 26.8 Å². The molecule has 1 N–H and O–H groups in total. The number of aliphatic hydroxyl groups is 1. The molecule has 0 aliphatic rings. The third kappa shape index (κ3) is 3.93. The Hall–Kier alpha value is -1.13. The van der Waals surface area contributed by atoms with Gasteiger partial charge in [-0.15, -0.1) is 0 Å². The zero-order valence-electron chi connectivity index (χ0n) is 13.1. The smallest absolute Gasteiger partial charge is 0.137 e. The fourth-order valence-corrected chi connectivity index (χ4v) is 2.39. The molecule has 4 nitrogen and oxygen atoms in total. The zero-order chi connectivity index (χ0) is 15.0. The van der Waals surface area contributed by atoms with Gasteiger partial charge in [-0.2, -0.15) is 0 Å². The standard InChI is InChI=1S/C16H27NO3/c1-5-9-19-14-10-13(11-17-12-14)15(18)16(6-2,7-3)20-8-4/h10-12,15,18H,5-9H2,1-4H3. The molecule has 0 bridgehead atoms. The first-order chi connectivity index (χ1) is 9.63. The first kappa shape index (κ1) is 16.9. The molecular formula is C16H27NO3. The van der Waals surface area contributed by atoms with Gasteiger partial charge in [0.15, 0.2) is 0 Å². The van der Waals surface area contributed by atoms with Crippen LogP contribution in [-0.2, 0) is 4.74 Å². The van der Waals surface area contributed by atoms with E-state index < -0.39 is 11.7 Å². The van der Waals surface area contributed by atoms with Crippen molar-refractivity contribution in [2.75, 3.05) is 13.2 Å². The first-order valence-corrected chi connectivity index (χ1v) is 7.53. The Kier molecular flexibility index (Phi) is 6.96. The van der Waals surface area contributed by atoms with E-state index in [9.17, 15) is 5.11 Å². The summed E-state index contributed by atoms with van der Waals surface area (Å²) in [4.78, 5) is 4.16. The Morgan fingerprint density at radius 1 is 1.20 bits per heavy atom. The molecule has 1 unspecified atom stereocenters. The molecule has 0 spiro atoms. The van der Waals surface area contributed by atoms with Gasteiger partial charge in [0, 0.05) is 18.4 Å². The number of aromatic nitrogens is 1. The van der Waals surface area contributed by atoms with Gasteiger partial charge in [0.05, 0.1) is 18.4 Å². The van der Waals surface area contributed by atoms with Crippen molar-refractivity contribution >= 4 is 0 Å². The van der Waals surface area contributed by atoms with Crippen LogP contribution in [0.5, 0.6) is 5.75 Å². The number of rotatable bonds is 9. The maximum atomic E-state index is 10.7. The van der Waals surface area contributed by atoms with Gasteiger partial charge in [-0.1, -0.05) is 20.8 Å². The zero-order valence-corrected chi connectivity index (χ0v) is 13.1. The molecule has 0 saturated heterocycles. The van der Waals surface area contributed by atoms with E-state index in [1.54, 1.807) is 12.4 Å². The summed E-state index contributed by atoms with van der Waals surface area (Å²) in [6.07, 6.45) is 5.10.